The quantitative estimate of drug-likeness (QED) is 0.853. The zero-order valence-corrected chi connectivity index (χ0v) is 13.6. The molecule has 1 aliphatic rings. The van der Waals surface area contributed by atoms with Crippen molar-refractivity contribution in [3.05, 3.63) is 29.8 Å². The second-order valence-corrected chi connectivity index (χ2v) is 6.05. The second kappa shape index (κ2) is 6.91. The summed E-state index contributed by atoms with van der Waals surface area (Å²) < 4.78 is 3.48. The molecule has 0 spiro atoms. The molecule has 8 heteroatoms. The van der Waals surface area contributed by atoms with Crippen LogP contribution in [0.5, 0.6) is 0 Å². The van der Waals surface area contributed by atoms with Crippen LogP contribution >= 0.6 is 0 Å². The molecule has 8 nitrogen and oxygen atoms in total. The summed E-state index contributed by atoms with van der Waals surface area (Å²) in [6.45, 7) is 5.69. The third kappa shape index (κ3) is 3.95. The zero-order chi connectivity index (χ0) is 16.2. The van der Waals surface area contributed by atoms with Crippen LogP contribution in [0.4, 0.5) is 0 Å². The van der Waals surface area contributed by atoms with Gasteiger partial charge >= 0.3 is 0 Å². The summed E-state index contributed by atoms with van der Waals surface area (Å²) in [5.74, 6) is -0.0332. The monoisotopic (exact) mass is 317 g/mol. The summed E-state index contributed by atoms with van der Waals surface area (Å²) in [6, 6.07) is 2.06. The van der Waals surface area contributed by atoms with Gasteiger partial charge in [0, 0.05) is 38.9 Å². The SMILES string of the molecule is Cc1cc(C(=O)NC2CCN(CCn3ccnn3)CC2)n(C)n1. The molecule has 0 aliphatic carbocycles. The summed E-state index contributed by atoms with van der Waals surface area (Å²) in [6.07, 6.45) is 5.52. The van der Waals surface area contributed by atoms with Crippen LogP contribution < -0.4 is 5.32 Å². The average molecular weight is 317 g/mol. The van der Waals surface area contributed by atoms with Gasteiger partial charge in [-0.1, -0.05) is 5.21 Å². The normalized spacial score (nSPS) is 16.6. The Morgan fingerprint density at radius 2 is 2.13 bits per heavy atom. The highest BCUT2D eigenvalue weighted by molar-refractivity contribution is 5.92. The van der Waals surface area contributed by atoms with Crippen molar-refractivity contribution in [2.24, 2.45) is 7.05 Å². The molecule has 2 aromatic heterocycles. The van der Waals surface area contributed by atoms with Gasteiger partial charge in [0.05, 0.1) is 18.4 Å². The Bertz CT molecular complexity index is 641. The highest BCUT2D eigenvalue weighted by Crippen LogP contribution is 2.11. The Kier molecular flexibility index (Phi) is 4.71. The molecule has 1 amide bonds. The van der Waals surface area contributed by atoms with Crippen LogP contribution in [0.3, 0.4) is 0 Å². The number of likely N-dealkylation sites (tertiary alicyclic amines) is 1. The topological polar surface area (TPSA) is 80.9 Å². The van der Waals surface area contributed by atoms with Gasteiger partial charge in [0.25, 0.3) is 5.91 Å². The van der Waals surface area contributed by atoms with Crippen LogP contribution in [-0.2, 0) is 13.6 Å². The van der Waals surface area contributed by atoms with Crippen molar-refractivity contribution in [2.75, 3.05) is 19.6 Å². The molecular formula is C15H23N7O. The molecular weight excluding hydrogens is 294 g/mol. The van der Waals surface area contributed by atoms with Gasteiger partial charge in [0.2, 0.25) is 0 Å². The molecule has 0 unspecified atom stereocenters. The number of aryl methyl sites for hydroxylation is 2. The third-order valence-electron chi connectivity index (χ3n) is 4.27. The summed E-state index contributed by atoms with van der Waals surface area (Å²) in [5, 5.41) is 15.1. The van der Waals surface area contributed by atoms with Crippen molar-refractivity contribution in [2.45, 2.75) is 32.4 Å². The van der Waals surface area contributed by atoms with Crippen LogP contribution in [0, 0.1) is 6.92 Å². The van der Waals surface area contributed by atoms with E-state index in [2.05, 4.69) is 25.6 Å². The third-order valence-corrected chi connectivity index (χ3v) is 4.27. The number of aromatic nitrogens is 5. The highest BCUT2D eigenvalue weighted by Gasteiger charge is 2.22. The molecule has 0 saturated carbocycles. The van der Waals surface area contributed by atoms with Gasteiger partial charge in [0.15, 0.2) is 0 Å². The number of hydrogen-bond acceptors (Lipinski definition) is 5. The first-order valence-electron chi connectivity index (χ1n) is 8.00. The maximum atomic E-state index is 12.3. The van der Waals surface area contributed by atoms with Crippen molar-refractivity contribution in [1.82, 2.24) is 35.0 Å². The lowest BCUT2D eigenvalue weighted by Gasteiger charge is -2.32. The van der Waals surface area contributed by atoms with E-state index in [9.17, 15) is 4.79 Å². The van der Waals surface area contributed by atoms with E-state index in [-0.39, 0.29) is 11.9 Å². The number of carbonyl (C=O) groups is 1. The van der Waals surface area contributed by atoms with Gasteiger partial charge in [0.1, 0.15) is 5.69 Å². The largest absolute Gasteiger partial charge is 0.348 e. The van der Waals surface area contributed by atoms with Crippen LogP contribution in [0.25, 0.3) is 0 Å². The highest BCUT2D eigenvalue weighted by atomic mass is 16.2. The zero-order valence-electron chi connectivity index (χ0n) is 13.6. The maximum Gasteiger partial charge on any atom is 0.269 e. The molecule has 0 radical (unpaired) electrons. The molecule has 1 aliphatic heterocycles. The first-order valence-corrected chi connectivity index (χ1v) is 8.00. The predicted molar refractivity (Wildman–Crippen MR) is 84.9 cm³/mol. The standard InChI is InChI=1S/C15H23N7O/c1-12-11-14(20(2)18-12)15(23)17-13-3-6-21(7-4-13)9-10-22-8-5-16-19-22/h5,8,11,13H,3-4,6-7,9-10H2,1-2H3,(H,17,23). The van der Waals surface area contributed by atoms with Gasteiger partial charge in [-0.3, -0.25) is 14.2 Å². The van der Waals surface area contributed by atoms with Crippen molar-refractivity contribution in [3.8, 4) is 0 Å². The molecule has 1 fully saturated rings. The first kappa shape index (κ1) is 15.7. The fourth-order valence-electron chi connectivity index (χ4n) is 2.98. The smallest absolute Gasteiger partial charge is 0.269 e. The first-order chi connectivity index (χ1) is 11.1. The van der Waals surface area contributed by atoms with Crippen molar-refractivity contribution in [1.29, 1.82) is 0 Å². The minimum Gasteiger partial charge on any atom is -0.348 e. The van der Waals surface area contributed by atoms with E-state index in [1.165, 1.54) is 0 Å². The van der Waals surface area contributed by atoms with Crippen LogP contribution in [0.15, 0.2) is 18.5 Å². The minimum absolute atomic E-state index is 0.0332. The van der Waals surface area contributed by atoms with Gasteiger partial charge in [-0.2, -0.15) is 5.10 Å². The molecule has 1 N–H and O–H groups in total. The maximum absolute atomic E-state index is 12.3. The lowest BCUT2D eigenvalue weighted by molar-refractivity contribution is 0.0900. The molecule has 0 atom stereocenters. The van der Waals surface area contributed by atoms with Crippen LogP contribution in [0.2, 0.25) is 0 Å². The van der Waals surface area contributed by atoms with E-state index in [1.54, 1.807) is 17.9 Å². The van der Waals surface area contributed by atoms with Crippen molar-refractivity contribution in [3.63, 3.8) is 0 Å². The molecule has 0 bridgehead atoms. The summed E-state index contributed by atoms with van der Waals surface area (Å²) in [4.78, 5) is 14.7. The predicted octanol–water partition coefficient (Wildman–Crippen LogP) is 0.214. The minimum atomic E-state index is -0.0332. The van der Waals surface area contributed by atoms with Crippen molar-refractivity contribution < 1.29 is 4.79 Å². The fourth-order valence-corrected chi connectivity index (χ4v) is 2.98. The summed E-state index contributed by atoms with van der Waals surface area (Å²) >= 11 is 0. The number of amides is 1. The van der Waals surface area contributed by atoms with E-state index < -0.39 is 0 Å². The van der Waals surface area contributed by atoms with E-state index in [4.69, 9.17) is 0 Å². The summed E-state index contributed by atoms with van der Waals surface area (Å²) in [5.41, 5.74) is 1.48. The number of nitrogens with zero attached hydrogens (tertiary/aromatic N) is 6. The number of carbonyl (C=O) groups excluding carboxylic acids is 1. The van der Waals surface area contributed by atoms with Crippen molar-refractivity contribution >= 4 is 5.91 Å². The Balaban J connectivity index is 1.44. The molecule has 2 aromatic rings. The lowest BCUT2D eigenvalue weighted by atomic mass is 10.0. The summed E-state index contributed by atoms with van der Waals surface area (Å²) in [7, 11) is 1.80. The van der Waals surface area contributed by atoms with Gasteiger partial charge in [-0.25, -0.2) is 0 Å². The molecule has 124 valence electrons. The molecule has 3 rings (SSSR count). The van der Waals surface area contributed by atoms with E-state index in [0.717, 1.165) is 44.7 Å². The van der Waals surface area contributed by atoms with E-state index >= 15 is 0 Å². The number of nitrogens with one attached hydrogen (secondary N) is 1. The Hall–Kier alpha value is -2.22. The van der Waals surface area contributed by atoms with Gasteiger partial charge in [-0.15, -0.1) is 5.10 Å². The van der Waals surface area contributed by atoms with E-state index in [0.29, 0.717) is 5.69 Å². The molecule has 1 saturated heterocycles. The van der Waals surface area contributed by atoms with Crippen LogP contribution in [-0.4, -0.2) is 61.3 Å². The second-order valence-electron chi connectivity index (χ2n) is 6.05. The molecule has 0 aromatic carbocycles. The molecule has 23 heavy (non-hydrogen) atoms. The number of hydrogen-bond donors (Lipinski definition) is 1. The van der Waals surface area contributed by atoms with Crippen LogP contribution in [0.1, 0.15) is 29.0 Å². The fraction of sp³-hybridized carbons (Fsp3) is 0.600. The average Bonchev–Trinajstić information content (AvgIpc) is 3.16. The molecule has 3 heterocycles. The van der Waals surface area contributed by atoms with Gasteiger partial charge < -0.3 is 10.2 Å². The van der Waals surface area contributed by atoms with E-state index in [1.807, 2.05) is 23.9 Å². The number of rotatable bonds is 5. The van der Waals surface area contributed by atoms with Gasteiger partial charge in [-0.05, 0) is 25.8 Å². The lowest BCUT2D eigenvalue weighted by Crippen LogP contribution is -2.45. The number of piperidine rings is 1. The Morgan fingerprint density at radius 3 is 2.74 bits per heavy atom. The Labute approximate surface area is 135 Å². The Morgan fingerprint density at radius 1 is 1.35 bits per heavy atom.